The minimum atomic E-state index is -0.494. The number of amides is 3. The summed E-state index contributed by atoms with van der Waals surface area (Å²) in [4.78, 5) is 29.9. The molecule has 2 aromatic rings. The van der Waals surface area contributed by atoms with Crippen molar-refractivity contribution in [2.75, 3.05) is 19.6 Å². The van der Waals surface area contributed by atoms with Gasteiger partial charge < -0.3 is 25.6 Å². The lowest BCUT2D eigenvalue weighted by molar-refractivity contribution is -0.121. The highest BCUT2D eigenvalue weighted by atomic mass is 19.1. The van der Waals surface area contributed by atoms with Gasteiger partial charge in [-0.15, -0.1) is 0 Å². The molecule has 3 amide bonds. The number of allylic oxidation sites excluding steroid dienone is 1. The molecule has 2 unspecified atom stereocenters. The number of piperazine rings is 1. The van der Waals surface area contributed by atoms with Gasteiger partial charge in [-0.1, -0.05) is 24.3 Å². The van der Waals surface area contributed by atoms with Crippen molar-refractivity contribution in [2.24, 2.45) is 17.6 Å². The first kappa shape index (κ1) is 25.1. The molecule has 1 aliphatic carbocycles. The highest BCUT2D eigenvalue weighted by Crippen LogP contribution is 2.51. The quantitative estimate of drug-likeness (QED) is 0.617. The zero-order valence-electron chi connectivity index (χ0n) is 21.7. The Morgan fingerprint density at radius 2 is 1.73 bits per heavy atom. The molecule has 37 heavy (non-hydrogen) atoms. The Kier molecular flexibility index (Phi) is 6.60. The van der Waals surface area contributed by atoms with Crippen LogP contribution in [-0.2, 0) is 11.4 Å². The van der Waals surface area contributed by atoms with Crippen molar-refractivity contribution in [3.8, 4) is 5.75 Å². The molecule has 0 radical (unpaired) electrons. The van der Waals surface area contributed by atoms with E-state index < -0.39 is 5.92 Å². The highest BCUT2D eigenvalue weighted by molar-refractivity contribution is 5.94. The maximum atomic E-state index is 13.2. The van der Waals surface area contributed by atoms with Crippen LogP contribution in [0.2, 0.25) is 0 Å². The van der Waals surface area contributed by atoms with Gasteiger partial charge in [-0.2, -0.15) is 0 Å². The number of primary amides is 1. The first-order valence-corrected chi connectivity index (χ1v) is 13.0. The molecular formula is C29H35FN4O3. The first-order valence-electron chi connectivity index (χ1n) is 13.0. The van der Waals surface area contributed by atoms with Gasteiger partial charge in [-0.05, 0) is 80.5 Å². The van der Waals surface area contributed by atoms with E-state index in [0.717, 1.165) is 29.5 Å². The summed E-state index contributed by atoms with van der Waals surface area (Å²) in [5.74, 6) is -0.0194. The highest BCUT2D eigenvalue weighted by Gasteiger charge is 2.50. The first-order chi connectivity index (χ1) is 17.6. The number of ether oxygens (including phenoxy) is 1. The molecule has 196 valence electrons. The second-order valence-corrected chi connectivity index (χ2v) is 11.3. The molecule has 3 N–H and O–H groups in total. The van der Waals surface area contributed by atoms with Gasteiger partial charge in [0.15, 0.2) is 0 Å². The van der Waals surface area contributed by atoms with Crippen LogP contribution in [0.25, 0.3) is 5.57 Å². The summed E-state index contributed by atoms with van der Waals surface area (Å²) >= 11 is 0. The monoisotopic (exact) mass is 506 g/mol. The molecule has 0 bridgehead atoms. The summed E-state index contributed by atoms with van der Waals surface area (Å²) in [7, 11) is 0. The van der Waals surface area contributed by atoms with E-state index in [-0.39, 0.29) is 29.3 Å². The summed E-state index contributed by atoms with van der Waals surface area (Å²) in [5.41, 5.74) is 9.72. The summed E-state index contributed by atoms with van der Waals surface area (Å²) in [6.07, 6.45) is 2.20. The number of rotatable bonds is 6. The van der Waals surface area contributed by atoms with Gasteiger partial charge in [-0.25, -0.2) is 9.18 Å². The van der Waals surface area contributed by atoms with E-state index in [1.54, 1.807) is 12.1 Å². The van der Waals surface area contributed by atoms with Crippen molar-refractivity contribution >= 4 is 17.5 Å². The van der Waals surface area contributed by atoms with Crippen LogP contribution in [0.1, 0.15) is 44.7 Å². The number of nitrogens with one attached hydrogen (secondary N) is 1. The number of urea groups is 1. The normalized spacial score (nSPS) is 21.6. The van der Waals surface area contributed by atoms with Crippen LogP contribution in [0.15, 0.2) is 54.2 Å². The molecule has 1 saturated heterocycles. The number of benzene rings is 2. The molecule has 1 saturated carbocycles. The predicted molar refractivity (Wildman–Crippen MR) is 140 cm³/mol. The van der Waals surface area contributed by atoms with Crippen LogP contribution >= 0.6 is 0 Å². The van der Waals surface area contributed by atoms with Gasteiger partial charge >= 0.3 is 6.03 Å². The molecule has 2 aromatic carbocycles. The fourth-order valence-electron chi connectivity index (χ4n) is 5.43. The Morgan fingerprint density at radius 1 is 1.05 bits per heavy atom. The number of hydrogen-bond donors (Lipinski definition) is 2. The molecule has 0 aromatic heterocycles. The molecule has 5 rings (SSSR count). The molecule has 2 fully saturated rings. The maximum Gasteiger partial charge on any atom is 0.317 e. The zero-order valence-corrected chi connectivity index (χ0v) is 21.7. The predicted octanol–water partition coefficient (Wildman–Crippen LogP) is 4.14. The van der Waals surface area contributed by atoms with Crippen molar-refractivity contribution in [3.63, 3.8) is 0 Å². The van der Waals surface area contributed by atoms with Crippen LogP contribution in [-0.4, -0.2) is 53.0 Å². The summed E-state index contributed by atoms with van der Waals surface area (Å²) in [5, 5.41) is 3.04. The molecule has 7 nitrogen and oxygen atoms in total. The minimum absolute atomic E-state index is 0.112. The van der Waals surface area contributed by atoms with E-state index in [4.69, 9.17) is 10.5 Å². The van der Waals surface area contributed by atoms with E-state index in [1.807, 2.05) is 49.9 Å². The van der Waals surface area contributed by atoms with Crippen LogP contribution in [0, 0.1) is 17.7 Å². The SMILES string of the molecule is CC(C)(C)NC(=O)N1CCN2C(C3CC3)=C(c3ccc(OCc4ccc(F)cc4)cc3)C(C(N)=O)C2C1. The zero-order chi connectivity index (χ0) is 26.3. The Morgan fingerprint density at radius 3 is 2.32 bits per heavy atom. The fourth-order valence-corrected chi connectivity index (χ4v) is 5.43. The number of nitrogens with two attached hydrogens (primary N) is 1. The second kappa shape index (κ2) is 9.72. The summed E-state index contributed by atoms with van der Waals surface area (Å²) < 4.78 is 19.0. The number of fused-ring (bicyclic) bond motifs is 1. The van der Waals surface area contributed by atoms with Crippen molar-refractivity contribution in [1.29, 1.82) is 0 Å². The van der Waals surface area contributed by atoms with Crippen molar-refractivity contribution in [3.05, 3.63) is 71.2 Å². The van der Waals surface area contributed by atoms with E-state index in [0.29, 0.717) is 37.9 Å². The summed E-state index contributed by atoms with van der Waals surface area (Å²) in [6, 6.07) is 13.7. The van der Waals surface area contributed by atoms with Crippen molar-refractivity contribution in [2.45, 2.75) is 51.8 Å². The van der Waals surface area contributed by atoms with Crippen LogP contribution < -0.4 is 15.8 Å². The third kappa shape index (κ3) is 5.43. The smallest absolute Gasteiger partial charge is 0.317 e. The third-order valence-electron chi connectivity index (χ3n) is 7.22. The Labute approximate surface area is 217 Å². The second-order valence-electron chi connectivity index (χ2n) is 11.3. The number of halogens is 1. The standard InChI is InChI=1S/C29H35FN4O3/c1-29(2,3)32-28(36)33-14-15-34-23(16-33)25(27(31)35)24(26(34)20-6-7-20)19-8-12-22(13-9-19)37-17-18-4-10-21(30)11-5-18/h4-5,8-13,20,23,25H,6-7,14-17H2,1-3H3,(H2,31,35)(H,32,36). The number of hydrogen-bond acceptors (Lipinski definition) is 4. The van der Waals surface area contributed by atoms with Gasteiger partial charge in [-0.3, -0.25) is 4.79 Å². The largest absolute Gasteiger partial charge is 0.489 e. The minimum Gasteiger partial charge on any atom is -0.489 e. The van der Waals surface area contributed by atoms with Crippen molar-refractivity contribution < 1.29 is 18.7 Å². The summed E-state index contributed by atoms with van der Waals surface area (Å²) in [6.45, 7) is 7.95. The molecule has 2 heterocycles. The number of carbonyl (C=O) groups excluding carboxylic acids is 2. The van der Waals surface area contributed by atoms with Crippen molar-refractivity contribution in [1.82, 2.24) is 15.1 Å². The Bertz CT molecular complexity index is 1200. The van der Waals surface area contributed by atoms with Gasteiger partial charge in [0.2, 0.25) is 5.91 Å². The fraction of sp³-hybridized carbons (Fsp3) is 0.448. The van der Waals surface area contributed by atoms with Gasteiger partial charge in [0.25, 0.3) is 0 Å². The molecule has 0 spiro atoms. The van der Waals surface area contributed by atoms with Crippen LogP contribution in [0.3, 0.4) is 0 Å². The Balaban J connectivity index is 1.37. The van der Waals surface area contributed by atoms with Gasteiger partial charge in [0, 0.05) is 30.9 Å². The average molecular weight is 507 g/mol. The Hall–Kier alpha value is -3.55. The lowest BCUT2D eigenvalue weighted by Crippen LogP contribution is -2.59. The number of carbonyl (C=O) groups is 2. The lowest BCUT2D eigenvalue weighted by Gasteiger charge is -2.42. The lowest BCUT2D eigenvalue weighted by atomic mass is 9.87. The van der Waals surface area contributed by atoms with E-state index >= 15 is 0 Å². The number of nitrogens with zero attached hydrogens (tertiary/aromatic N) is 2. The average Bonchev–Trinajstić information content (AvgIpc) is 3.63. The van der Waals surface area contributed by atoms with Gasteiger partial charge in [0.05, 0.1) is 12.0 Å². The maximum absolute atomic E-state index is 13.2. The van der Waals surface area contributed by atoms with E-state index in [1.165, 1.54) is 17.8 Å². The third-order valence-corrected chi connectivity index (χ3v) is 7.22. The molecule has 3 aliphatic rings. The van der Waals surface area contributed by atoms with Gasteiger partial charge in [0.1, 0.15) is 18.2 Å². The van der Waals surface area contributed by atoms with E-state index in [9.17, 15) is 14.0 Å². The van der Waals surface area contributed by atoms with Crippen LogP contribution in [0.4, 0.5) is 9.18 Å². The molecule has 2 aliphatic heterocycles. The topological polar surface area (TPSA) is 87.9 Å². The molecule has 2 atom stereocenters. The van der Waals surface area contributed by atoms with E-state index in [2.05, 4.69) is 10.2 Å². The molecular weight excluding hydrogens is 471 g/mol. The molecule has 8 heteroatoms. The van der Waals surface area contributed by atoms with Crippen LogP contribution in [0.5, 0.6) is 5.75 Å².